The summed E-state index contributed by atoms with van der Waals surface area (Å²) in [5.41, 5.74) is 5.76. The minimum Gasteiger partial charge on any atom is -0.507 e. The Labute approximate surface area is 273 Å². The number of phenols is 1. The van der Waals surface area contributed by atoms with E-state index in [2.05, 4.69) is 4.90 Å². The summed E-state index contributed by atoms with van der Waals surface area (Å²) in [5, 5.41) is 22.7. The van der Waals surface area contributed by atoms with Gasteiger partial charge in [-0.3, -0.25) is 33.8 Å². The predicted octanol–water partition coefficient (Wildman–Crippen LogP) is 1.02. The standard InChI is InChI=1S/C35H43N3O9/c1-37(2)29-24-17-21-16-23-22(20-8-5-7-19(15-20)18-38(3)11-14-47-13-6-12-46-4)9-10-25(39)27(23)30(40)26(21)32(42)35(24,45)33(43)28(31(29)41)34(36)44/h5,7-10,15,21,24,26,28-29,39,45H,6,11-14,16-18H2,1-4H3,(H2,36,44)/t21-,24-,26?,28?,29-,35-/m0/s1. The average molecular weight is 650 g/mol. The van der Waals surface area contributed by atoms with Gasteiger partial charge in [-0.25, -0.2) is 0 Å². The number of hydrogen-bond acceptors (Lipinski definition) is 11. The molecule has 2 saturated carbocycles. The second-order valence-electron chi connectivity index (χ2n) is 13.2. The summed E-state index contributed by atoms with van der Waals surface area (Å²) in [6.07, 6.45) is 1.03. The summed E-state index contributed by atoms with van der Waals surface area (Å²) in [5.74, 6) is -10.6. The smallest absolute Gasteiger partial charge is 0.235 e. The molecule has 0 aliphatic heterocycles. The van der Waals surface area contributed by atoms with Gasteiger partial charge in [0.2, 0.25) is 5.91 Å². The number of phenolic OH excluding ortho intramolecular Hbond substituents is 1. The van der Waals surface area contributed by atoms with Gasteiger partial charge in [0.25, 0.3) is 0 Å². The van der Waals surface area contributed by atoms with Crippen molar-refractivity contribution in [2.75, 3.05) is 54.6 Å². The molecule has 0 aromatic heterocycles. The van der Waals surface area contributed by atoms with Gasteiger partial charge in [0, 0.05) is 39.3 Å². The first kappa shape index (κ1) is 34.5. The maximum absolute atomic E-state index is 14.1. The second kappa shape index (κ2) is 13.7. The molecule has 12 heteroatoms. The lowest BCUT2D eigenvalue weighted by molar-refractivity contribution is -0.181. The van der Waals surface area contributed by atoms with Crippen LogP contribution in [-0.4, -0.2) is 115 Å². The van der Waals surface area contributed by atoms with Crippen LogP contribution in [0.2, 0.25) is 0 Å². The van der Waals surface area contributed by atoms with E-state index in [-0.39, 0.29) is 24.2 Å². The van der Waals surface area contributed by atoms with Gasteiger partial charge in [-0.2, -0.15) is 0 Å². The summed E-state index contributed by atoms with van der Waals surface area (Å²) in [7, 11) is 6.78. The van der Waals surface area contributed by atoms with Crippen molar-refractivity contribution in [2.24, 2.45) is 29.4 Å². The zero-order valence-electron chi connectivity index (χ0n) is 27.2. The number of nitrogens with zero attached hydrogens (tertiary/aromatic N) is 2. The number of ketones is 4. The van der Waals surface area contributed by atoms with Crippen LogP contribution in [0.1, 0.15) is 34.3 Å². The lowest BCUT2D eigenvalue weighted by atomic mass is 9.52. The van der Waals surface area contributed by atoms with E-state index in [1.54, 1.807) is 27.3 Å². The van der Waals surface area contributed by atoms with Crippen LogP contribution in [0.25, 0.3) is 11.1 Å². The molecule has 0 heterocycles. The van der Waals surface area contributed by atoms with Gasteiger partial charge in [-0.15, -0.1) is 0 Å². The van der Waals surface area contributed by atoms with Crippen LogP contribution in [0.15, 0.2) is 36.4 Å². The van der Waals surface area contributed by atoms with Crippen molar-refractivity contribution in [3.63, 3.8) is 0 Å². The van der Waals surface area contributed by atoms with Crippen LogP contribution < -0.4 is 5.73 Å². The van der Waals surface area contributed by atoms with E-state index in [0.717, 1.165) is 29.7 Å². The maximum Gasteiger partial charge on any atom is 0.235 e. The Hall–Kier alpha value is -3.81. The van der Waals surface area contributed by atoms with E-state index in [9.17, 15) is 34.2 Å². The molecule has 4 N–H and O–H groups in total. The van der Waals surface area contributed by atoms with Gasteiger partial charge in [-0.1, -0.05) is 24.3 Å². The van der Waals surface area contributed by atoms with E-state index in [4.69, 9.17) is 15.2 Å². The number of Topliss-reactive ketones (excluding diaryl/α,β-unsaturated/α-hetero) is 4. The number of likely N-dealkylation sites (N-methyl/N-ethyl adjacent to an activating group) is 2. The third kappa shape index (κ3) is 6.16. The summed E-state index contributed by atoms with van der Waals surface area (Å²) >= 11 is 0. The zero-order valence-corrected chi connectivity index (χ0v) is 27.2. The highest BCUT2D eigenvalue weighted by atomic mass is 16.5. The first-order valence-electron chi connectivity index (χ1n) is 15.9. The van der Waals surface area contributed by atoms with Crippen molar-refractivity contribution in [3.05, 3.63) is 53.1 Å². The molecule has 2 unspecified atom stereocenters. The molecule has 12 nitrogen and oxygen atoms in total. The molecular formula is C35H43N3O9. The second-order valence-corrected chi connectivity index (χ2v) is 13.2. The SMILES string of the molecule is COCCCOCCN(C)Cc1cccc(-c2ccc(O)c3c2C[C@H]2C[C@H]4[C@H](N(C)C)C(=O)C(C(N)=O)C(=O)[C@@]4(O)C(=O)C2C3=O)c1. The van der Waals surface area contributed by atoms with Crippen LogP contribution in [0.4, 0.5) is 0 Å². The number of aliphatic hydroxyl groups is 1. The highest BCUT2D eigenvalue weighted by Crippen LogP contribution is 2.51. The number of carbonyl (C=O) groups excluding carboxylic acids is 5. The van der Waals surface area contributed by atoms with Crippen molar-refractivity contribution >= 4 is 29.0 Å². The van der Waals surface area contributed by atoms with Crippen LogP contribution in [0.3, 0.4) is 0 Å². The van der Waals surface area contributed by atoms with Crippen molar-refractivity contribution in [1.82, 2.24) is 9.80 Å². The van der Waals surface area contributed by atoms with Crippen LogP contribution in [0, 0.1) is 23.7 Å². The third-order valence-corrected chi connectivity index (χ3v) is 9.89. The minimum atomic E-state index is -2.75. The molecule has 0 saturated heterocycles. The summed E-state index contributed by atoms with van der Waals surface area (Å²) in [4.78, 5) is 70.8. The number of benzene rings is 2. The Morgan fingerprint density at radius 3 is 2.47 bits per heavy atom. The van der Waals surface area contributed by atoms with E-state index in [0.29, 0.717) is 31.9 Å². The molecule has 5 rings (SSSR count). The number of carbonyl (C=O) groups is 5. The fourth-order valence-corrected chi connectivity index (χ4v) is 7.73. The summed E-state index contributed by atoms with van der Waals surface area (Å²) in [6.45, 7) is 3.24. The zero-order chi connectivity index (χ0) is 34.2. The molecular weight excluding hydrogens is 606 g/mol. The topological polar surface area (TPSA) is 177 Å². The number of nitrogens with two attached hydrogens (primary N) is 1. The molecule has 252 valence electrons. The molecule has 1 amide bonds. The first-order chi connectivity index (χ1) is 22.3. The number of methoxy groups -OCH3 is 1. The molecule has 3 aliphatic rings. The van der Waals surface area contributed by atoms with Gasteiger partial charge in [0.05, 0.1) is 24.1 Å². The highest BCUT2D eigenvalue weighted by Gasteiger charge is 2.69. The first-order valence-corrected chi connectivity index (χ1v) is 15.9. The van der Waals surface area contributed by atoms with Gasteiger partial charge >= 0.3 is 0 Å². The quantitative estimate of drug-likeness (QED) is 0.221. The Balaban J connectivity index is 1.45. The van der Waals surface area contributed by atoms with Gasteiger partial charge < -0.3 is 25.4 Å². The molecule has 2 fully saturated rings. The largest absolute Gasteiger partial charge is 0.507 e. The molecule has 3 aliphatic carbocycles. The molecule has 47 heavy (non-hydrogen) atoms. The van der Waals surface area contributed by atoms with Gasteiger partial charge in [0.1, 0.15) is 5.75 Å². The Bertz CT molecular complexity index is 1590. The lowest BCUT2D eigenvalue weighted by Crippen LogP contribution is -2.74. The normalized spacial score (nSPS) is 27.2. The lowest BCUT2D eigenvalue weighted by Gasteiger charge is -2.52. The number of amides is 1. The van der Waals surface area contributed by atoms with E-state index < -0.39 is 64.4 Å². The number of ether oxygens (including phenoxy) is 2. The predicted molar refractivity (Wildman–Crippen MR) is 170 cm³/mol. The summed E-state index contributed by atoms with van der Waals surface area (Å²) in [6, 6.07) is 9.87. The van der Waals surface area contributed by atoms with Crippen molar-refractivity contribution < 1.29 is 43.7 Å². The molecule has 0 spiro atoms. The molecule has 0 bridgehead atoms. The molecule has 6 atom stereocenters. The summed E-state index contributed by atoms with van der Waals surface area (Å²) < 4.78 is 10.7. The van der Waals surface area contributed by atoms with Crippen LogP contribution in [0.5, 0.6) is 5.75 Å². The number of fused-ring (bicyclic) bond motifs is 3. The Morgan fingerprint density at radius 1 is 1.04 bits per heavy atom. The third-order valence-electron chi connectivity index (χ3n) is 9.89. The minimum absolute atomic E-state index is 0.00261. The van der Waals surface area contributed by atoms with Crippen molar-refractivity contribution in [2.45, 2.75) is 37.5 Å². The number of primary amides is 1. The highest BCUT2D eigenvalue weighted by molar-refractivity contribution is 6.32. The molecule has 0 radical (unpaired) electrons. The maximum atomic E-state index is 14.1. The van der Waals surface area contributed by atoms with E-state index >= 15 is 0 Å². The monoisotopic (exact) mass is 649 g/mol. The molecule has 2 aromatic rings. The van der Waals surface area contributed by atoms with Crippen molar-refractivity contribution in [3.8, 4) is 16.9 Å². The fraction of sp³-hybridized carbons (Fsp3) is 0.514. The number of aromatic hydroxyl groups is 1. The molecule has 2 aromatic carbocycles. The fourth-order valence-electron chi connectivity index (χ4n) is 7.73. The number of rotatable bonds is 12. The van der Waals surface area contributed by atoms with E-state index in [1.165, 1.54) is 11.0 Å². The van der Waals surface area contributed by atoms with Crippen LogP contribution in [-0.2, 0) is 41.6 Å². The number of hydrogen-bond donors (Lipinski definition) is 3. The Morgan fingerprint density at radius 2 is 1.79 bits per heavy atom. The average Bonchev–Trinajstić information content (AvgIpc) is 3.00. The van der Waals surface area contributed by atoms with Gasteiger partial charge in [0.15, 0.2) is 34.7 Å². The Kier molecular flexibility index (Phi) is 10.1. The van der Waals surface area contributed by atoms with Crippen molar-refractivity contribution in [1.29, 1.82) is 0 Å². The van der Waals surface area contributed by atoms with Gasteiger partial charge in [-0.05, 0) is 80.7 Å². The van der Waals surface area contributed by atoms with Crippen LogP contribution >= 0.6 is 0 Å². The van der Waals surface area contributed by atoms with E-state index in [1.807, 2.05) is 31.3 Å².